The van der Waals surface area contributed by atoms with Crippen molar-refractivity contribution in [1.82, 2.24) is 5.32 Å². The fourth-order valence-electron chi connectivity index (χ4n) is 1.86. The quantitative estimate of drug-likeness (QED) is 0.731. The summed E-state index contributed by atoms with van der Waals surface area (Å²) in [4.78, 5) is 24.1. The number of rotatable bonds is 4. The number of hydrogen-bond donors (Lipinski definition) is 2. The lowest BCUT2D eigenvalue weighted by Gasteiger charge is -2.14. The molecule has 0 fully saturated rings. The normalized spacial score (nSPS) is 11.0. The van der Waals surface area contributed by atoms with Crippen LogP contribution in [0.1, 0.15) is 15.9 Å². The van der Waals surface area contributed by atoms with Crippen molar-refractivity contribution in [3.05, 3.63) is 64.7 Å². The molecule has 2 aromatic rings. The molecule has 126 valence electrons. The number of alkyl halides is 3. The summed E-state index contributed by atoms with van der Waals surface area (Å²) in [6.45, 7) is 0.308. The standard InChI is InChI=1S/C16H12Cl4N2O2/c17-11-7-5-10(6-8-11)9-21-14(23)12-3-1-2-4-13(12)22-15(24)16(18,19)20/h1-8H,9H2,(H,21,23)(H,22,24). The molecular formula is C16H12Cl4N2O2. The van der Waals surface area contributed by atoms with E-state index in [4.69, 9.17) is 46.4 Å². The second-order valence-corrected chi connectivity index (χ2v) is 7.52. The molecule has 2 amide bonds. The fourth-order valence-corrected chi connectivity index (χ4v) is 2.13. The van der Waals surface area contributed by atoms with Gasteiger partial charge in [-0.05, 0) is 29.8 Å². The predicted octanol–water partition coefficient (Wildman–Crippen LogP) is 4.58. The van der Waals surface area contributed by atoms with E-state index in [1.54, 1.807) is 48.5 Å². The van der Waals surface area contributed by atoms with Crippen molar-refractivity contribution in [3.63, 3.8) is 0 Å². The molecule has 0 aliphatic rings. The van der Waals surface area contributed by atoms with E-state index in [1.165, 1.54) is 0 Å². The van der Waals surface area contributed by atoms with Gasteiger partial charge in [0.05, 0.1) is 11.3 Å². The Kier molecular flexibility index (Phi) is 6.35. The summed E-state index contributed by atoms with van der Waals surface area (Å²) >= 11 is 22.4. The lowest BCUT2D eigenvalue weighted by atomic mass is 10.1. The molecule has 0 aromatic heterocycles. The first-order valence-electron chi connectivity index (χ1n) is 6.77. The Morgan fingerprint density at radius 2 is 1.58 bits per heavy atom. The molecule has 0 atom stereocenters. The van der Waals surface area contributed by atoms with Crippen LogP contribution in [0.2, 0.25) is 5.02 Å². The first-order chi connectivity index (χ1) is 11.3. The Hall–Kier alpha value is -1.46. The van der Waals surface area contributed by atoms with Crippen LogP contribution in [-0.2, 0) is 11.3 Å². The molecule has 2 aromatic carbocycles. The van der Waals surface area contributed by atoms with Gasteiger partial charge in [-0.25, -0.2) is 0 Å². The second kappa shape index (κ2) is 8.08. The smallest absolute Gasteiger partial charge is 0.276 e. The highest BCUT2D eigenvalue weighted by Crippen LogP contribution is 2.28. The first-order valence-corrected chi connectivity index (χ1v) is 8.28. The molecule has 2 N–H and O–H groups in total. The zero-order valence-electron chi connectivity index (χ0n) is 12.2. The molecule has 0 heterocycles. The molecule has 24 heavy (non-hydrogen) atoms. The Morgan fingerprint density at radius 3 is 2.21 bits per heavy atom. The molecule has 0 saturated carbocycles. The molecule has 0 bridgehead atoms. The van der Waals surface area contributed by atoms with Crippen LogP contribution < -0.4 is 10.6 Å². The van der Waals surface area contributed by atoms with Crippen molar-refractivity contribution < 1.29 is 9.59 Å². The first kappa shape index (κ1) is 18.9. The zero-order chi connectivity index (χ0) is 17.7. The molecule has 0 radical (unpaired) electrons. The lowest BCUT2D eigenvalue weighted by Crippen LogP contribution is -2.29. The topological polar surface area (TPSA) is 58.2 Å². The molecule has 0 spiro atoms. The Morgan fingerprint density at radius 1 is 0.958 bits per heavy atom. The summed E-state index contributed by atoms with van der Waals surface area (Å²) in [5, 5.41) is 5.79. The Balaban J connectivity index is 2.09. The van der Waals surface area contributed by atoms with E-state index < -0.39 is 9.70 Å². The van der Waals surface area contributed by atoms with Crippen molar-refractivity contribution in [2.75, 3.05) is 5.32 Å². The third kappa shape index (κ3) is 5.28. The molecule has 4 nitrogen and oxygen atoms in total. The maximum absolute atomic E-state index is 12.3. The summed E-state index contributed by atoms with van der Waals surface area (Å²) in [5.41, 5.74) is 1.40. The molecule has 8 heteroatoms. The van der Waals surface area contributed by atoms with E-state index in [0.717, 1.165) is 5.56 Å². The number of hydrogen-bond acceptors (Lipinski definition) is 2. The number of halogens is 4. The van der Waals surface area contributed by atoms with Gasteiger partial charge in [0.2, 0.25) is 0 Å². The van der Waals surface area contributed by atoms with Gasteiger partial charge in [0.25, 0.3) is 15.6 Å². The predicted molar refractivity (Wildman–Crippen MR) is 98.0 cm³/mol. The van der Waals surface area contributed by atoms with Crippen LogP contribution in [0.4, 0.5) is 5.69 Å². The number of benzene rings is 2. The molecule has 0 aliphatic heterocycles. The van der Waals surface area contributed by atoms with Gasteiger partial charge in [-0.1, -0.05) is 70.7 Å². The molecule has 0 unspecified atom stereocenters. The van der Waals surface area contributed by atoms with E-state index in [1.807, 2.05) is 0 Å². The largest absolute Gasteiger partial charge is 0.348 e. The third-order valence-corrected chi connectivity index (χ3v) is 3.81. The summed E-state index contributed by atoms with van der Waals surface area (Å²) in [6, 6.07) is 13.5. The van der Waals surface area contributed by atoms with Crippen molar-refractivity contribution in [1.29, 1.82) is 0 Å². The number of nitrogens with one attached hydrogen (secondary N) is 2. The van der Waals surface area contributed by atoms with Crippen LogP contribution in [0.5, 0.6) is 0 Å². The molecule has 0 saturated heterocycles. The minimum atomic E-state index is -2.12. The van der Waals surface area contributed by atoms with Crippen molar-refractivity contribution in [2.45, 2.75) is 10.3 Å². The van der Waals surface area contributed by atoms with E-state index in [9.17, 15) is 9.59 Å². The number of anilines is 1. The maximum atomic E-state index is 12.3. The van der Waals surface area contributed by atoms with Gasteiger partial charge in [0, 0.05) is 11.6 Å². The monoisotopic (exact) mass is 404 g/mol. The van der Waals surface area contributed by atoms with Crippen LogP contribution >= 0.6 is 46.4 Å². The third-order valence-electron chi connectivity index (χ3n) is 3.04. The second-order valence-electron chi connectivity index (χ2n) is 4.81. The molecular weight excluding hydrogens is 394 g/mol. The van der Waals surface area contributed by atoms with Gasteiger partial charge >= 0.3 is 0 Å². The van der Waals surface area contributed by atoms with Crippen LogP contribution in [-0.4, -0.2) is 15.6 Å². The summed E-state index contributed by atoms with van der Waals surface area (Å²) in [6.07, 6.45) is 0. The highest BCUT2D eigenvalue weighted by atomic mass is 35.6. The van der Waals surface area contributed by atoms with E-state index >= 15 is 0 Å². The van der Waals surface area contributed by atoms with Crippen LogP contribution in [0.15, 0.2) is 48.5 Å². The van der Waals surface area contributed by atoms with Gasteiger partial charge < -0.3 is 10.6 Å². The fraction of sp³-hybridized carbons (Fsp3) is 0.125. The summed E-state index contributed by atoms with van der Waals surface area (Å²) in [5.74, 6) is -1.21. The van der Waals surface area contributed by atoms with Gasteiger partial charge in [0.1, 0.15) is 0 Å². The average Bonchev–Trinajstić information content (AvgIpc) is 2.53. The average molecular weight is 406 g/mol. The number of carbonyl (C=O) groups excluding carboxylic acids is 2. The highest BCUT2D eigenvalue weighted by molar-refractivity contribution is 6.76. The number of carbonyl (C=O) groups is 2. The molecule has 2 rings (SSSR count). The minimum absolute atomic E-state index is 0.252. The van der Waals surface area contributed by atoms with Crippen molar-refractivity contribution in [3.8, 4) is 0 Å². The maximum Gasteiger partial charge on any atom is 0.276 e. The van der Waals surface area contributed by atoms with Crippen molar-refractivity contribution >= 4 is 63.9 Å². The van der Waals surface area contributed by atoms with Crippen molar-refractivity contribution in [2.24, 2.45) is 0 Å². The highest BCUT2D eigenvalue weighted by Gasteiger charge is 2.31. The Labute approximate surface area is 159 Å². The van der Waals surface area contributed by atoms with Crippen LogP contribution in [0.25, 0.3) is 0 Å². The lowest BCUT2D eigenvalue weighted by molar-refractivity contribution is -0.115. The van der Waals surface area contributed by atoms with Gasteiger partial charge in [-0.2, -0.15) is 0 Å². The zero-order valence-corrected chi connectivity index (χ0v) is 15.2. The van der Waals surface area contributed by atoms with E-state index in [-0.39, 0.29) is 17.2 Å². The summed E-state index contributed by atoms with van der Waals surface area (Å²) < 4.78 is -2.12. The van der Waals surface area contributed by atoms with E-state index in [2.05, 4.69) is 10.6 Å². The van der Waals surface area contributed by atoms with Gasteiger partial charge in [-0.15, -0.1) is 0 Å². The van der Waals surface area contributed by atoms with Gasteiger partial charge in [0.15, 0.2) is 0 Å². The van der Waals surface area contributed by atoms with E-state index in [0.29, 0.717) is 11.6 Å². The SMILES string of the molecule is O=C(NCc1ccc(Cl)cc1)c1ccccc1NC(=O)C(Cl)(Cl)Cl. The molecule has 0 aliphatic carbocycles. The van der Waals surface area contributed by atoms with Crippen LogP contribution in [0.3, 0.4) is 0 Å². The minimum Gasteiger partial charge on any atom is -0.348 e. The Bertz CT molecular complexity index is 742. The number of para-hydroxylation sites is 1. The van der Waals surface area contributed by atoms with Crippen LogP contribution in [0, 0.1) is 0 Å². The number of amides is 2. The summed E-state index contributed by atoms with van der Waals surface area (Å²) in [7, 11) is 0. The van der Waals surface area contributed by atoms with Gasteiger partial charge in [-0.3, -0.25) is 9.59 Å².